The summed E-state index contributed by atoms with van der Waals surface area (Å²) in [6, 6.07) is 5.58. The molecule has 1 aromatic rings. The largest absolute Gasteiger partial charge is 0.497 e. The van der Waals surface area contributed by atoms with Gasteiger partial charge in [-0.1, -0.05) is 6.07 Å². The second kappa shape index (κ2) is 6.01. The zero-order valence-corrected chi connectivity index (χ0v) is 12.7. The molecule has 1 saturated heterocycles. The van der Waals surface area contributed by atoms with Crippen molar-refractivity contribution in [3.05, 3.63) is 23.8 Å². The van der Waals surface area contributed by atoms with E-state index in [1.54, 1.807) is 13.2 Å². The first-order valence-electron chi connectivity index (χ1n) is 6.69. The highest BCUT2D eigenvalue weighted by atomic mass is 32.2. The van der Waals surface area contributed by atoms with E-state index in [2.05, 4.69) is 0 Å². The molecule has 1 aliphatic rings. The molecule has 0 saturated carbocycles. The smallest absolute Gasteiger partial charge is 0.154 e. The Kier molecular flexibility index (Phi) is 4.55. The number of hydrogen-bond donors (Lipinski definition) is 1. The van der Waals surface area contributed by atoms with E-state index in [1.165, 1.54) is 0 Å². The quantitative estimate of drug-likeness (QED) is 0.882. The summed E-state index contributed by atoms with van der Waals surface area (Å²) in [4.78, 5) is 0. The molecule has 1 fully saturated rings. The molecule has 20 heavy (non-hydrogen) atoms. The lowest BCUT2D eigenvalue weighted by atomic mass is 10.1. The maximum absolute atomic E-state index is 11.5. The summed E-state index contributed by atoms with van der Waals surface area (Å²) in [6.45, 7) is 1.92. The van der Waals surface area contributed by atoms with E-state index >= 15 is 0 Å². The SMILES string of the molecule is COc1ccc(CC(C)N)c(OC2CCS(=O)(=O)C2)c1. The topological polar surface area (TPSA) is 78.6 Å². The van der Waals surface area contributed by atoms with Crippen molar-refractivity contribution in [2.75, 3.05) is 18.6 Å². The van der Waals surface area contributed by atoms with E-state index < -0.39 is 9.84 Å². The van der Waals surface area contributed by atoms with Gasteiger partial charge in [-0.2, -0.15) is 0 Å². The van der Waals surface area contributed by atoms with Crippen LogP contribution in [-0.4, -0.2) is 39.2 Å². The summed E-state index contributed by atoms with van der Waals surface area (Å²) in [5.41, 5.74) is 6.81. The van der Waals surface area contributed by atoms with Gasteiger partial charge in [0.15, 0.2) is 9.84 Å². The summed E-state index contributed by atoms with van der Waals surface area (Å²) in [7, 11) is -1.36. The van der Waals surface area contributed by atoms with Crippen LogP contribution < -0.4 is 15.2 Å². The van der Waals surface area contributed by atoms with Crippen LogP contribution in [0.4, 0.5) is 0 Å². The van der Waals surface area contributed by atoms with Crippen LogP contribution in [0.15, 0.2) is 18.2 Å². The molecule has 1 heterocycles. The lowest BCUT2D eigenvalue weighted by molar-refractivity contribution is 0.225. The second-order valence-corrected chi connectivity index (χ2v) is 7.53. The highest BCUT2D eigenvalue weighted by molar-refractivity contribution is 7.91. The van der Waals surface area contributed by atoms with Gasteiger partial charge in [0, 0.05) is 12.1 Å². The number of methoxy groups -OCH3 is 1. The first kappa shape index (κ1) is 15.1. The normalized spacial score (nSPS) is 22.4. The molecular formula is C14H21NO4S. The third-order valence-electron chi connectivity index (χ3n) is 3.30. The molecule has 0 aromatic heterocycles. The van der Waals surface area contributed by atoms with Gasteiger partial charge in [-0.05, 0) is 31.4 Å². The van der Waals surface area contributed by atoms with Crippen molar-refractivity contribution >= 4 is 9.84 Å². The van der Waals surface area contributed by atoms with Gasteiger partial charge in [0.05, 0.1) is 18.6 Å². The van der Waals surface area contributed by atoms with Crippen LogP contribution in [0.25, 0.3) is 0 Å². The molecule has 0 bridgehead atoms. The van der Waals surface area contributed by atoms with Crippen molar-refractivity contribution in [1.82, 2.24) is 0 Å². The van der Waals surface area contributed by atoms with Crippen molar-refractivity contribution in [3.8, 4) is 11.5 Å². The van der Waals surface area contributed by atoms with Gasteiger partial charge in [0.2, 0.25) is 0 Å². The predicted molar refractivity (Wildman–Crippen MR) is 78.0 cm³/mol. The minimum absolute atomic E-state index is 0.0121. The van der Waals surface area contributed by atoms with E-state index in [0.29, 0.717) is 24.3 Å². The van der Waals surface area contributed by atoms with Crippen LogP contribution in [0.1, 0.15) is 18.9 Å². The van der Waals surface area contributed by atoms with E-state index in [-0.39, 0.29) is 23.7 Å². The number of sulfone groups is 1. The fourth-order valence-electron chi connectivity index (χ4n) is 2.32. The molecule has 0 aliphatic carbocycles. The third kappa shape index (κ3) is 3.86. The predicted octanol–water partition coefficient (Wildman–Crippen LogP) is 1.15. The Hall–Kier alpha value is -1.27. The fraction of sp³-hybridized carbons (Fsp3) is 0.571. The lowest BCUT2D eigenvalue weighted by Crippen LogP contribution is -2.21. The standard InChI is InChI=1S/C14H21NO4S/c1-10(15)7-11-3-4-12(18-2)8-14(11)19-13-5-6-20(16,17)9-13/h3-4,8,10,13H,5-7,9,15H2,1-2H3. The molecule has 2 unspecified atom stereocenters. The molecule has 1 aliphatic heterocycles. The fourth-order valence-corrected chi connectivity index (χ4v) is 3.91. The van der Waals surface area contributed by atoms with Gasteiger partial charge in [-0.25, -0.2) is 8.42 Å². The Morgan fingerprint density at radius 1 is 1.45 bits per heavy atom. The maximum atomic E-state index is 11.5. The molecule has 0 spiro atoms. The Morgan fingerprint density at radius 2 is 2.20 bits per heavy atom. The average molecular weight is 299 g/mol. The van der Waals surface area contributed by atoms with Gasteiger partial charge < -0.3 is 15.2 Å². The van der Waals surface area contributed by atoms with Crippen LogP contribution in [0.2, 0.25) is 0 Å². The minimum Gasteiger partial charge on any atom is -0.497 e. The van der Waals surface area contributed by atoms with Crippen molar-refractivity contribution in [2.45, 2.75) is 31.9 Å². The van der Waals surface area contributed by atoms with Crippen LogP contribution in [0.3, 0.4) is 0 Å². The molecule has 2 atom stereocenters. The average Bonchev–Trinajstić information content (AvgIpc) is 2.70. The van der Waals surface area contributed by atoms with Crippen molar-refractivity contribution in [1.29, 1.82) is 0 Å². The van der Waals surface area contributed by atoms with Gasteiger partial charge in [0.25, 0.3) is 0 Å². The third-order valence-corrected chi connectivity index (χ3v) is 5.04. The molecule has 0 amide bonds. The Balaban J connectivity index is 2.19. The molecule has 2 rings (SSSR count). The summed E-state index contributed by atoms with van der Waals surface area (Å²) in [5, 5.41) is 0. The summed E-state index contributed by atoms with van der Waals surface area (Å²) in [5.74, 6) is 1.64. The number of benzene rings is 1. The summed E-state index contributed by atoms with van der Waals surface area (Å²) < 4.78 is 34.0. The second-order valence-electron chi connectivity index (χ2n) is 5.30. The number of ether oxygens (including phenoxy) is 2. The van der Waals surface area contributed by atoms with Gasteiger partial charge in [0.1, 0.15) is 17.6 Å². The first-order chi connectivity index (χ1) is 9.39. The monoisotopic (exact) mass is 299 g/mol. The molecule has 1 aromatic carbocycles. The Labute approximate surface area is 120 Å². The lowest BCUT2D eigenvalue weighted by Gasteiger charge is -2.17. The Morgan fingerprint density at radius 3 is 2.75 bits per heavy atom. The maximum Gasteiger partial charge on any atom is 0.154 e. The van der Waals surface area contributed by atoms with Crippen LogP contribution in [0, 0.1) is 0 Å². The highest BCUT2D eigenvalue weighted by Gasteiger charge is 2.30. The van der Waals surface area contributed by atoms with Gasteiger partial charge >= 0.3 is 0 Å². The van der Waals surface area contributed by atoms with Crippen molar-refractivity contribution in [2.24, 2.45) is 5.73 Å². The molecule has 6 heteroatoms. The minimum atomic E-state index is -2.95. The van der Waals surface area contributed by atoms with E-state index in [4.69, 9.17) is 15.2 Å². The van der Waals surface area contributed by atoms with E-state index in [1.807, 2.05) is 19.1 Å². The molecule has 112 valence electrons. The summed E-state index contributed by atoms with van der Waals surface area (Å²) in [6.07, 6.45) is 0.939. The molecule has 0 radical (unpaired) electrons. The molecule has 2 N–H and O–H groups in total. The van der Waals surface area contributed by atoms with Crippen LogP contribution >= 0.6 is 0 Å². The molecular weight excluding hydrogens is 278 g/mol. The number of hydrogen-bond acceptors (Lipinski definition) is 5. The van der Waals surface area contributed by atoms with Crippen molar-refractivity contribution in [3.63, 3.8) is 0 Å². The molecule has 5 nitrogen and oxygen atoms in total. The van der Waals surface area contributed by atoms with E-state index in [0.717, 1.165) is 5.56 Å². The van der Waals surface area contributed by atoms with Gasteiger partial charge in [-0.3, -0.25) is 0 Å². The van der Waals surface area contributed by atoms with Crippen LogP contribution in [0.5, 0.6) is 11.5 Å². The van der Waals surface area contributed by atoms with E-state index in [9.17, 15) is 8.42 Å². The Bertz CT molecular complexity index is 569. The highest BCUT2D eigenvalue weighted by Crippen LogP contribution is 2.28. The summed E-state index contributed by atoms with van der Waals surface area (Å²) >= 11 is 0. The van der Waals surface area contributed by atoms with Crippen LogP contribution in [-0.2, 0) is 16.3 Å². The number of nitrogens with two attached hydrogens (primary N) is 1. The number of rotatable bonds is 5. The first-order valence-corrected chi connectivity index (χ1v) is 8.51. The van der Waals surface area contributed by atoms with Gasteiger partial charge in [-0.15, -0.1) is 0 Å². The zero-order valence-electron chi connectivity index (χ0n) is 11.8. The van der Waals surface area contributed by atoms with Crippen molar-refractivity contribution < 1.29 is 17.9 Å². The zero-order chi connectivity index (χ0) is 14.8.